The zero-order valence-corrected chi connectivity index (χ0v) is 12.9. The van der Waals surface area contributed by atoms with Crippen molar-refractivity contribution < 1.29 is 23.1 Å². The Morgan fingerprint density at radius 2 is 1.85 bits per heavy atom. The fourth-order valence-electron chi connectivity index (χ4n) is 1.78. The van der Waals surface area contributed by atoms with E-state index in [2.05, 4.69) is 0 Å². The highest BCUT2D eigenvalue weighted by atomic mass is 32.2. The molecule has 0 fully saturated rings. The Morgan fingerprint density at radius 1 is 1.35 bits per heavy atom. The second-order valence-electron chi connectivity index (χ2n) is 4.93. The highest BCUT2D eigenvalue weighted by Crippen LogP contribution is 2.29. The van der Waals surface area contributed by atoms with Crippen molar-refractivity contribution in [1.29, 1.82) is 0 Å². The number of hydrogen-bond donors (Lipinski definition) is 1. The molecule has 0 aromatic heterocycles. The van der Waals surface area contributed by atoms with Gasteiger partial charge >= 0.3 is 5.97 Å². The zero-order valence-electron chi connectivity index (χ0n) is 12.1. The van der Waals surface area contributed by atoms with Gasteiger partial charge in [-0.05, 0) is 31.5 Å². The summed E-state index contributed by atoms with van der Waals surface area (Å²) in [7, 11) is -3.26. The van der Waals surface area contributed by atoms with Gasteiger partial charge < -0.3 is 9.84 Å². The third-order valence-corrected chi connectivity index (χ3v) is 4.47. The van der Waals surface area contributed by atoms with Crippen LogP contribution >= 0.6 is 0 Å². The predicted molar refractivity (Wildman–Crippen MR) is 75.2 cm³/mol. The Labute approximate surface area is 119 Å². The van der Waals surface area contributed by atoms with E-state index in [4.69, 9.17) is 4.74 Å². The van der Waals surface area contributed by atoms with Gasteiger partial charge in [0.2, 0.25) is 0 Å². The largest absolute Gasteiger partial charge is 0.464 e. The molecule has 0 aliphatic carbocycles. The maximum absolute atomic E-state index is 11.7. The van der Waals surface area contributed by atoms with Crippen LogP contribution in [0.3, 0.4) is 0 Å². The monoisotopic (exact) mass is 300 g/mol. The average Bonchev–Trinajstić information content (AvgIpc) is 2.37. The molecule has 0 radical (unpaired) electrons. The van der Waals surface area contributed by atoms with Crippen molar-refractivity contribution in [3.63, 3.8) is 0 Å². The van der Waals surface area contributed by atoms with Crippen LogP contribution in [0.5, 0.6) is 0 Å². The van der Waals surface area contributed by atoms with Crippen LogP contribution in [0.4, 0.5) is 0 Å². The van der Waals surface area contributed by atoms with Crippen LogP contribution in [0.1, 0.15) is 32.3 Å². The van der Waals surface area contributed by atoms with Crippen molar-refractivity contribution in [3.05, 3.63) is 29.8 Å². The lowest BCUT2D eigenvalue weighted by Crippen LogP contribution is -2.41. The molecule has 0 spiro atoms. The Kier molecular flexibility index (Phi) is 4.94. The zero-order chi connectivity index (χ0) is 15.6. The summed E-state index contributed by atoms with van der Waals surface area (Å²) < 4.78 is 27.6. The normalized spacial score (nSPS) is 16.2. The molecule has 1 aromatic carbocycles. The molecule has 6 heteroatoms. The first-order valence-electron chi connectivity index (χ1n) is 6.30. The summed E-state index contributed by atoms with van der Waals surface area (Å²) in [5.74, 6) is -1.21. The highest BCUT2D eigenvalue weighted by molar-refractivity contribution is 7.90. The van der Waals surface area contributed by atoms with E-state index >= 15 is 0 Å². The first-order chi connectivity index (χ1) is 9.10. The molecule has 5 nitrogen and oxygen atoms in total. The van der Waals surface area contributed by atoms with Gasteiger partial charge in [0.15, 0.2) is 15.4 Å². The number of aliphatic hydroxyl groups is 1. The number of esters is 1. The average molecular weight is 300 g/mol. The number of benzene rings is 1. The molecular weight excluding hydrogens is 280 g/mol. The van der Waals surface area contributed by atoms with E-state index < -0.39 is 27.3 Å². The van der Waals surface area contributed by atoms with Gasteiger partial charge in [0.25, 0.3) is 0 Å². The fourth-order valence-corrected chi connectivity index (χ4v) is 2.41. The Balaban J connectivity index is 3.03. The van der Waals surface area contributed by atoms with E-state index in [1.54, 1.807) is 26.0 Å². The van der Waals surface area contributed by atoms with E-state index in [1.165, 1.54) is 19.1 Å². The van der Waals surface area contributed by atoms with Crippen molar-refractivity contribution in [2.45, 2.75) is 37.2 Å². The summed E-state index contributed by atoms with van der Waals surface area (Å²) >= 11 is 0. The minimum absolute atomic E-state index is 0.189. The van der Waals surface area contributed by atoms with Crippen molar-refractivity contribution >= 4 is 15.8 Å². The minimum Gasteiger partial charge on any atom is -0.464 e. The second kappa shape index (κ2) is 5.93. The molecule has 20 heavy (non-hydrogen) atoms. The molecule has 0 saturated carbocycles. The molecule has 2 atom stereocenters. The van der Waals surface area contributed by atoms with E-state index in [9.17, 15) is 18.3 Å². The molecular formula is C14H20O5S. The summed E-state index contributed by atoms with van der Waals surface area (Å²) in [6.07, 6.45) is 1.13. The van der Waals surface area contributed by atoms with Crippen LogP contribution in [0, 0.1) is 0 Å². The smallest absolute Gasteiger partial charge is 0.338 e. The second-order valence-corrected chi connectivity index (χ2v) is 6.95. The number of rotatable bonds is 5. The quantitative estimate of drug-likeness (QED) is 0.834. The minimum atomic E-state index is -3.26. The standard InChI is InChI=1S/C14H20O5S/c1-5-19-13(15)14(3,16)10(2)11-6-8-12(9-7-11)20(4,17)18/h6-10,16H,5H2,1-4H3. The number of carbonyl (C=O) groups is 1. The SMILES string of the molecule is CCOC(=O)C(C)(O)C(C)c1ccc(S(C)(=O)=O)cc1. The fraction of sp³-hybridized carbons (Fsp3) is 0.500. The van der Waals surface area contributed by atoms with Gasteiger partial charge in [0.05, 0.1) is 11.5 Å². The van der Waals surface area contributed by atoms with Gasteiger partial charge in [-0.1, -0.05) is 19.1 Å². The first-order valence-corrected chi connectivity index (χ1v) is 8.19. The number of carbonyl (C=O) groups excluding carboxylic acids is 1. The summed E-state index contributed by atoms with van der Waals surface area (Å²) in [4.78, 5) is 11.9. The van der Waals surface area contributed by atoms with Crippen molar-refractivity contribution in [1.82, 2.24) is 0 Å². The summed E-state index contributed by atoms with van der Waals surface area (Å²) in [6.45, 7) is 4.93. The van der Waals surface area contributed by atoms with Gasteiger partial charge in [-0.3, -0.25) is 0 Å². The van der Waals surface area contributed by atoms with Gasteiger partial charge in [-0.25, -0.2) is 13.2 Å². The van der Waals surface area contributed by atoms with Crippen LogP contribution in [0.2, 0.25) is 0 Å². The highest BCUT2D eigenvalue weighted by Gasteiger charge is 2.38. The molecule has 0 heterocycles. The Hall–Kier alpha value is -1.40. The summed E-state index contributed by atoms with van der Waals surface area (Å²) in [6, 6.07) is 6.11. The maximum atomic E-state index is 11.7. The Morgan fingerprint density at radius 3 is 2.25 bits per heavy atom. The Bertz CT molecular complexity index is 572. The van der Waals surface area contributed by atoms with E-state index in [1.807, 2.05) is 0 Å². The lowest BCUT2D eigenvalue weighted by molar-refractivity contribution is -0.165. The molecule has 0 saturated heterocycles. The third kappa shape index (κ3) is 3.58. The van der Waals surface area contributed by atoms with E-state index in [0.717, 1.165) is 6.26 Å². The van der Waals surface area contributed by atoms with Crippen molar-refractivity contribution in [2.24, 2.45) is 0 Å². The van der Waals surface area contributed by atoms with Gasteiger partial charge in [-0.2, -0.15) is 0 Å². The lowest BCUT2D eigenvalue weighted by atomic mass is 9.85. The summed E-state index contributed by atoms with van der Waals surface area (Å²) in [5, 5.41) is 10.3. The summed E-state index contributed by atoms with van der Waals surface area (Å²) in [5.41, 5.74) is -1.00. The van der Waals surface area contributed by atoms with Gasteiger partial charge in [0, 0.05) is 12.2 Å². The van der Waals surface area contributed by atoms with E-state index in [-0.39, 0.29) is 11.5 Å². The van der Waals surface area contributed by atoms with Crippen molar-refractivity contribution in [2.75, 3.05) is 12.9 Å². The van der Waals surface area contributed by atoms with Crippen LogP contribution in [0.25, 0.3) is 0 Å². The molecule has 1 rings (SSSR count). The molecule has 2 unspecified atom stereocenters. The van der Waals surface area contributed by atoms with E-state index in [0.29, 0.717) is 5.56 Å². The van der Waals surface area contributed by atoms with Crippen LogP contribution < -0.4 is 0 Å². The van der Waals surface area contributed by atoms with Gasteiger partial charge in [-0.15, -0.1) is 0 Å². The number of sulfone groups is 1. The van der Waals surface area contributed by atoms with Crippen molar-refractivity contribution in [3.8, 4) is 0 Å². The van der Waals surface area contributed by atoms with Crippen LogP contribution in [0.15, 0.2) is 29.2 Å². The molecule has 112 valence electrons. The lowest BCUT2D eigenvalue weighted by Gasteiger charge is -2.28. The molecule has 0 amide bonds. The van der Waals surface area contributed by atoms with Crippen LogP contribution in [-0.2, 0) is 19.4 Å². The molecule has 0 aliphatic rings. The maximum Gasteiger partial charge on any atom is 0.338 e. The third-order valence-electron chi connectivity index (χ3n) is 3.34. The number of hydrogen-bond acceptors (Lipinski definition) is 5. The van der Waals surface area contributed by atoms with Crippen LogP contribution in [-0.4, -0.2) is 38.0 Å². The molecule has 0 bridgehead atoms. The van der Waals surface area contributed by atoms with Gasteiger partial charge in [0.1, 0.15) is 0 Å². The molecule has 0 aliphatic heterocycles. The predicted octanol–water partition coefficient (Wildman–Crippen LogP) is 1.51. The first kappa shape index (κ1) is 16.7. The molecule has 1 N–H and O–H groups in total. The number of ether oxygens (including phenoxy) is 1. The molecule has 1 aromatic rings. The topological polar surface area (TPSA) is 80.7 Å².